The Kier molecular flexibility index (Phi) is 5.91. The van der Waals surface area contributed by atoms with Gasteiger partial charge in [-0.05, 0) is 0 Å². The second kappa shape index (κ2) is 7.20. The van der Waals surface area contributed by atoms with E-state index in [1.54, 1.807) is 6.07 Å². The van der Waals surface area contributed by atoms with E-state index in [0.29, 0.717) is 33.9 Å². The van der Waals surface area contributed by atoms with E-state index in [0.717, 1.165) is 0 Å². The number of carbonyl (C=O) groups is 1. The van der Waals surface area contributed by atoms with Crippen molar-refractivity contribution in [2.45, 2.75) is 6.61 Å². The lowest BCUT2D eigenvalue weighted by molar-refractivity contribution is -0.0396. The first-order valence-corrected chi connectivity index (χ1v) is 5.52. The average Bonchev–Trinajstić information content (AvgIpc) is 2.39. The highest BCUT2D eigenvalue weighted by Gasteiger charge is 2.18. The smallest absolute Gasteiger partial charge is 0.154 e. The van der Waals surface area contributed by atoms with Gasteiger partial charge >= 0.3 is 0 Å². The van der Waals surface area contributed by atoms with Crippen molar-refractivity contribution in [3.8, 4) is 11.5 Å². The van der Waals surface area contributed by atoms with Gasteiger partial charge in [0.1, 0.15) is 18.3 Å². The second-order valence-corrected chi connectivity index (χ2v) is 3.77. The van der Waals surface area contributed by atoms with Crippen LogP contribution in [0.5, 0.6) is 11.5 Å². The summed E-state index contributed by atoms with van der Waals surface area (Å²) in [4.78, 5) is 11.2. The number of hydrogen-bond donors (Lipinski definition) is 0. The maximum Gasteiger partial charge on any atom is 0.154 e. The van der Waals surface area contributed by atoms with Crippen LogP contribution in [0.4, 0.5) is 0 Å². The van der Waals surface area contributed by atoms with Crippen molar-refractivity contribution in [2.75, 3.05) is 28.1 Å². The van der Waals surface area contributed by atoms with Crippen LogP contribution in [0.1, 0.15) is 15.9 Å². The summed E-state index contributed by atoms with van der Waals surface area (Å²) in [5.74, 6) is 0.780. The monoisotopic (exact) mass is 274 g/mol. The summed E-state index contributed by atoms with van der Waals surface area (Å²) in [6, 6.07) is 1.58. The quantitative estimate of drug-likeness (QED) is 0.434. The molecule has 6 heteroatoms. The Morgan fingerprint density at radius 2 is 2.00 bits per heavy atom. The number of methoxy groups -OCH3 is 3. The molecule has 0 atom stereocenters. The van der Waals surface area contributed by atoms with Gasteiger partial charge in [-0.3, -0.25) is 4.79 Å². The predicted octanol–water partition coefficient (Wildman–Crippen LogP) is 2.29. The number of carbonyl (C=O) groups excluding carboxylic acids is 1. The highest BCUT2D eigenvalue weighted by atomic mass is 35.5. The molecule has 18 heavy (non-hydrogen) atoms. The summed E-state index contributed by atoms with van der Waals surface area (Å²) in [5, 5.41) is 0.312. The van der Waals surface area contributed by atoms with Crippen LogP contribution in [0, 0.1) is 0 Å². The fourth-order valence-electron chi connectivity index (χ4n) is 1.56. The number of ether oxygens (including phenoxy) is 4. The molecule has 0 amide bonds. The van der Waals surface area contributed by atoms with Crippen molar-refractivity contribution >= 4 is 17.9 Å². The van der Waals surface area contributed by atoms with E-state index in [1.165, 1.54) is 21.3 Å². The highest BCUT2D eigenvalue weighted by molar-refractivity contribution is 6.32. The van der Waals surface area contributed by atoms with Crippen LogP contribution < -0.4 is 9.47 Å². The Morgan fingerprint density at radius 1 is 1.28 bits per heavy atom. The van der Waals surface area contributed by atoms with Gasteiger partial charge in [0.05, 0.1) is 31.4 Å². The molecule has 0 radical (unpaired) electrons. The Balaban J connectivity index is 3.21. The summed E-state index contributed by atoms with van der Waals surface area (Å²) in [7, 11) is 4.45. The van der Waals surface area contributed by atoms with E-state index in [9.17, 15) is 4.79 Å². The summed E-state index contributed by atoms with van der Waals surface area (Å²) in [6.07, 6.45) is 0.665. The van der Waals surface area contributed by atoms with Gasteiger partial charge in [0.25, 0.3) is 0 Å². The molecule has 0 heterocycles. The van der Waals surface area contributed by atoms with Gasteiger partial charge in [0.15, 0.2) is 6.29 Å². The molecule has 5 nitrogen and oxygen atoms in total. The zero-order chi connectivity index (χ0) is 13.5. The van der Waals surface area contributed by atoms with Gasteiger partial charge in [-0.15, -0.1) is 0 Å². The molecule has 0 unspecified atom stereocenters. The summed E-state index contributed by atoms with van der Waals surface area (Å²) >= 11 is 6.00. The third kappa shape index (κ3) is 3.13. The van der Waals surface area contributed by atoms with E-state index in [1.807, 2.05) is 0 Å². The minimum atomic E-state index is 0.117. The van der Waals surface area contributed by atoms with Crippen molar-refractivity contribution in [2.24, 2.45) is 0 Å². The molecule has 0 bridgehead atoms. The topological polar surface area (TPSA) is 54.0 Å². The minimum absolute atomic E-state index is 0.117. The normalized spacial score (nSPS) is 10.2. The molecule has 100 valence electrons. The minimum Gasteiger partial charge on any atom is -0.496 e. The molecule has 0 aromatic heterocycles. The maximum atomic E-state index is 11.2. The van der Waals surface area contributed by atoms with Crippen molar-refractivity contribution in [1.82, 2.24) is 0 Å². The van der Waals surface area contributed by atoms with Gasteiger partial charge in [-0.1, -0.05) is 11.6 Å². The standard InChI is InChI=1S/C12H15ClO5/c1-15-7-18-6-9-8(5-14)12(17-3)10(13)4-11(9)16-2/h4-5H,6-7H2,1-3H3. The molecule has 1 aromatic rings. The summed E-state index contributed by atoms with van der Waals surface area (Å²) < 4.78 is 20.3. The largest absolute Gasteiger partial charge is 0.496 e. The van der Waals surface area contributed by atoms with Crippen LogP contribution >= 0.6 is 11.6 Å². The SMILES string of the molecule is COCOCc1c(OC)cc(Cl)c(OC)c1C=O. The Bertz CT molecular complexity index is 419. The van der Waals surface area contributed by atoms with Crippen LogP contribution in [0.3, 0.4) is 0 Å². The molecule has 0 aliphatic rings. The van der Waals surface area contributed by atoms with E-state index < -0.39 is 0 Å². The van der Waals surface area contributed by atoms with Crippen molar-refractivity contribution < 1.29 is 23.7 Å². The molecule has 0 aliphatic heterocycles. The first-order chi connectivity index (χ1) is 8.69. The number of hydrogen-bond acceptors (Lipinski definition) is 5. The van der Waals surface area contributed by atoms with Gasteiger partial charge in [-0.2, -0.15) is 0 Å². The molecular weight excluding hydrogens is 260 g/mol. The van der Waals surface area contributed by atoms with Gasteiger partial charge in [-0.25, -0.2) is 0 Å². The molecule has 0 aliphatic carbocycles. The Labute approximate surface area is 111 Å². The number of halogens is 1. The molecule has 1 aromatic carbocycles. The van der Waals surface area contributed by atoms with Gasteiger partial charge in [0, 0.05) is 18.7 Å². The van der Waals surface area contributed by atoms with E-state index in [2.05, 4.69) is 0 Å². The van der Waals surface area contributed by atoms with Gasteiger partial charge in [0.2, 0.25) is 0 Å². The number of rotatable bonds is 7. The van der Waals surface area contributed by atoms with E-state index in [4.69, 9.17) is 30.5 Å². The van der Waals surface area contributed by atoms with Crippen LogP contribution in [0.25, 0.3) is 0 Å². The van der Waals surface area contributed by atoms with Crippen molar-refractivity contribution in [3.63, 3.8) is 0 Å². The third-order valence-electron chi connectivity index (χ3n) is 2.33. The van der Waals surface area contributed by atoms with Crippen LogP contribution in [0.2, 0.25) is 5.02 Å². The Morgan fingerprint density at radius 3 is 2.50 bits per heavy atom. The van der Waals surface area contributed by atoms with Crippen LogP contribution in [-0.2, 0) is 16.1 Å². The molecule has 0 fully saturated rings. The molecule has 1 rings (SSSR count). The third-order valence-corrected chi connectivity index (χ3v) is 2.61. The molecule has 0 spiro atoms. The zero-order valence-electron chi connectivity index (χ0n) is 10.5. The molecule has 0 N–H and O–H groups in total. The lowest BCUT2D eigenvalue weighted by Gasteiger charge is -2.15. The summed E-state index contributed by atoms with van der Waals surface area (Å²) in [6.45, 7) is 0.283. The number of aldehydes is 1. The zero-order valence-corrected chi connectivity index (χ0v) is 11.2. The fourth-order valence-corrected chi connectivity index (χ4v) is 1.83. The fraction of sp³-hybridized carbons (Fsp3) is 0.417. The summed E-state index contributed by atoms with van der Waals surface area (Å²) in [5.41, 5.74) is 0.892. The number of benzene rings is 1. The van der Waals surface area contributed by atoms with Crippen LogP contribution in [-0.4, -0.2) is 34.4 Å². The molecule has 0 saturated heterocycles. The highest BCUT2D eigenvalue weighted by Crippen LogP contribution is 2.36. The van der Waals surface area contributed by atoms with E-state index >= 15 is 0 Å². The first-order valence-electron chi connectivity index (χ1n) is 5.14. The first kappa shape index (κ1) is 14.8. The van der Waals surface area contributed by atoms with Crippen LogP contribution in [0.15, 0.2) is 6.07 Å². The Hall–Kier alpha value is -1.30. The lowest BCUT2D eigenvalue weighted by Crippen LogP contribution is -2.05. The molecule has 0 saturated carbocycles. The van der Waals surface area contributed by atoms with E-state index in [-0.39, 0.29) is 13.4 Å². The van der Waals surface area contributed by atoms with Gasteiger partial charge < -0.3 is 18.9 Å². The molecular formula is C12H15ClO5. The average molecular weight is 275 g/mol. The van der Waals surface area contributed by atoms with Crippen molar-refractivity contribution in [1.29, 1.82) is 0 Å². The second-order valence-electron chi connectivity index (χ2n) is 3.36. The lowest BCUT2D eigenvalue weighted by atomic mass is 10.1. The predicted molar refractivity (Wildman–Crippen MR) is 66.6 cm³/mol. The maximum absolute atomic E-state index is 11.2. The van der Waals surface area contributed by atoms with Crippen molar-refractivity contribution in [3.05, 3.63) is 22.2 Å².